The maximum absolute atomic E-state index is 14.1. The lowest BCUT2D eigenvalue weighted by molar-refractivity contribution is -0.123. The van der Waals surface area contributed by atoms with E-state index in [1.54, 1.807) is 21.0 Å². The molecule has 1 aliphatic heterocycles. The van der Waals surface area contributed by atoms with Crippen molar-refractivity contribution in [3.63, 3.8) is 0 Å². The lowest BCUT2D eigenvalue weighted by Gasteiger charge is -2.30. The van der Waals surface area contributed by atoms with Crippen LogP contribution in [-0.2, 0) is 10.5 Å². The van der Waals surface area contributed by atoms with Crippen LogP contribution in [0.15, 0.2) is 42.5 Å². The molecule has 0 aromatic heterocycles. The van der Waals surface area contributed by atoms with Crippen LogP contribution in [-0.4, -0.2) is 19.1 Å². The zero-order chi connectivity index (χ0) is 18.9. The minimum Gasteiger partial charge on any atom is -0.496 e. The zero-order valence-corrected chi connectivity index (χ0v) is 15.8. The van der Waals surface area contributed by atoms with Crippen molar-refractivity contribution in [1.29, 1.82) is 0 Å². The van der Waals surface area contributed by atoms with Crippen LogP contribution in [0.25, 0.3) is 11.1 Å². The number of nitrogens with one attached hydrogen (secondary N) is 1. The molecule has 0 spiro atoms. The van der Waals surface area contributed by atoms with Crippen LogP contribution in [0.4, 0.5) is 4.39 Å². The number of carbonyl (C=O) groups is 1. The van der Waals surface area contributed by atoms with E-state index in [0.29, 0.717) is 12.0 Å². The molecule has 0 aliphatic carbocycles. The van der Waals surface area contributed by atoms with Gasteiger partial charge in [-0.2, -0.15) is 0 Å². The minimum atomic E-state index is -1.36. The van der Waals surface area contributed by atoms with Crippen LogP contribution in [0.5, 0.6) is 5.75 Å². The number of ether oxygens (including phenoxy) is 1. The van der Waals surface area contributed by atoms with Gasteiger partial charge in [0.1, 0.15) is 11.4 Å². The Morgan fingerprint density at radius 2 is 1.85 bits per heavy atom. The first-order valence-electron chi connectivity index (χ1n) is 9.06. The average molecular weight is 355 g/mol. The third kappa shape index (κ3) is 3.74. The van der Waals surface area contributed by atoms with E-state index < -0.39 is 5.67 Å². The van der Waals surface area contributed by atoms with Gasteiger partial charge in [0.15, 0.2) is 0 Å². The summed E-state index contributed by atoms with van der Waals surface area (Å²) in [5.41, 5.74) is 2.45. The number of hydrogen-bond acceptors (Lipinski definition) is 2. The van der Waals surface area contributed by atoms with Crippen molar-refractivity contribution in [2.45, 2.75) is 51.2 Å². The number of piperidine rings is 1. The maximum Gasteiger partial charge on any atom is 0.220 e. The van der Waals surface area contributed by atoms with Crippen LogP contribution in [0, 0.1) is 0 Å². The molecule has 1 amide bonds. The van der Waals surface area contributed by atoms with E-state index in [4.69, 9.17) is 4.74 Å². The highest BCUT2D eigenvalue weighted by Gasteiger charge is 2.27. The van der Waals surface area contributed by atoms with E-state index >= 15 is 0 Å². The Hall–Kier alpha value is -2.36. The number of benzene rings is 2. The van der Waals surface area contributed by atoms with Crippen molar-refractivity contribution in [1.82, 2.24) is 5.32 Å². The van der Waals surface area contributed by atoms with Gasteiger partial charge in [0.2, 0.25) is 5.91 Å². The van der Waals surface area contributed by atoms with Gasteiger partial charge in [-0.3, -0.25) is 4.79 Å². The van der Waals surface area contributed by atoms with Crippen LogP contribution >= 0.6 is 0 Å². The molecule has 1 saturated heterocycles. The van der Waals surface area contributed by atoms with Crippen molar-refractivity contribution in [3.05, 3.63) is 53.6 Å². The Kier molecular flexibility index (Phi) is 5.03. The number of amides is 1. The summed E-state index contributed by atoms with van der Waals surface area (Å²) in [7, 11) is 1.65. The molecule has 4 heteroatoms. The summed E-state index contributed by atoms with van der Waals surface area (Å²) in [6.45, 7) is 5.16. The van der Waals surface area contributed by atoms with Gasteiger partial charge in [0.25, 0.3) is 0 Å². The zero-order valence-electron chi connectivity index (χ0n) is 15.8. The third-order valence-corrected chi connectivity index (χ3v) is 5.21. The monoisotopic (exact) mass is 355 g/mol. The van der Waals surface area contributed by atoms with Crippen molar-refractivity contribution < 1.29 is 13.9 Å². The smallest absolute Gasteiger partial charge is 0.220 e. The van der Waals surface area contributed by atoms with Gasteiger partial charge >= 0.3 is 0 Å². The summed E-state index contributed by atoms with van der Waals surface area (Å²) in [6, 6.07) is 13.8. The normalized spacial score (nSPS) is 20.6. The van der Waals surface area contributed by atoms with Crippen molar-refractivity contribution in [2.75, 3.05) is 7.11 Å². The first kappa shape index (κ1) is 18.4. The summed E-state index contributed by atoms with van der Waals surface area (Å²) < 4.78 is 19.7. The second kappa shape index (κ2) is 7.10. The van der Waals surface area contributed by atoms with E-state index in [1.807, 2.05) is 37.3 Å². The predicted octanol–water partition coefficient (Wildman–Crippen LogP) is 4.95. The first-order chi connectivity index (χ1) is 12.3. The Morgan fingerprint density at radius 1 is 1.15 bits per heavy atom. The standard InChI is InChI=1S/C22H26FNO2/c1-14-18(10-12-21(25)24-14)16-7-11-20(26-4)19(13-16)15-5-8-17(9-6-15)22(2,3)23/h5-9,11,13-14,18H,10,12H2,1-4H3,(H,24,25). The molecule has 0 saturated carbocycles. The molecule has 3 rings (SSSR count). The summed E-state index contributed by atoms with van der Waals surface area (Å²) in [4.78, 5) is 11.6. The topological polar surface area (TPSA) is 38.3 Å². The van der Waals surface area contributed by atoms with E-state index in [9.17, 15) is 9.18 Å². The summed E-state index contributed by atoms with van der Waals surface area (Å²) in [6.07, 6.45) is 1.39. The van der Waals surface area contributed by atoms with Crippen molar-refractivity contribution >= 4 is 5.91 Å². The van der Waals surface area contributed by atoms with Crippen LogP contribution in [0.2, 0.25) is 0 Å². The van der Waals surface area contributed by atoms with E-state index in [0.717, 1.165) is 23.3 Å². The number of rotatable bonds is 4. The number of alkyl halides is 1. The lowest BCUT2D eigenvalue weighted by atomic mass is 9.84. The second-order valence-electron chi connectivity index (χ2n) is 7.51. The average Bonchev–Trinajstić information content (AvgIpc) is 2.60. The predicted molar refractivity (Wildman–Crippen MR) is 102 cm³/mol. The highest BCUT2D eigenvalue weighted by Crippen LogP contribution is 2.37. The maximum atomic E-state index is 14.1. The van der Waals surface area contributed by atoms with E-state index in [1.165, 1.54) is 5.56 Å². The van der Waals surface area contributed by atoms with Gasteiger partial charge in [-0.1, -0.05) is 30.3 Å². The van der Waals surface area contributed by atoms with Gasteiger partial charge < -0.3 is 10.1 Å². The largest absolute Gasteiger partial charge is 0.496 e. The van der Waals surface area contributed by atoms with Gasteiger partial charge in [0, 0.05) is 23.9 Å². The highest BCUT2D eigenvalue weighted by molar-refractivity contribution is 5.77. The fourth-order valence-corrected chi connectivity index (χ4v) is 3.65. The molecule has 0 bridgehead atoms. The number of hydrogen-bond donors (Lipinski definition) is 1. The quantitative estimate of drug-likeness (QED) is 0.843. The summed E-state index contributed by atoms with van der Waals surface area (Å²) in [5, 5.41) is 3.03. The molecule has 2 aromatic carbocycles. The van der Waals surface area contributed by atoms with Crippen molar-refractivity contribution in [3.8, 4) is 16.9 Å². The van der Waals surface area contributed by atoms with Gasteiger partial charge in [-0.25, -0.2) is 4.39 Å². The Morgan fingerprint density at radius 3 is 2.42 bits per heavy atom. The van der Waals surface area contributed by atoms with Crippen LogP contribution in [0.3, 0.4) is 0 Å². The summed E-state index contributed by atoms with van der Waals surface area (Å²) >= 11 is 0. The van der Waals surface area contributed by atoms with Gasteiger partial charge in [0.05, 0.1) is 7.11 Å². The highest BCUT2D eigenvalue weighted by atomic mass is 19.1. The lowest BCUT2D eigenvalue weighted by Crippen LogP contribution is -2.41. The van der Waals surface area contributed by atoms with Crippen LogP contribution in [0.1, 0.15) is 50.7 Å². The molecule has 138 valence electrons. The fourth-order valence-electron chi connectivity index (χ4n) is 3.65. The Bertz CT molecular complexity index is 793. The molecule has 0 radical (unpaired) electrons. The van der Waals surface area contributed by atoms with Gasteiger partial charge in [-0.15, -0.1) is 0 Å². The minimum absolute atomic E-state index is 0.104. The molecule has 1 aliphatic rings. The Balaban J connectivity index is 1.97. The molecule has 1 heterocycles. The molecular formula is C22H26FNO2. The third-order valence-electron chi connectivity index (χ3n) is 5.21. The SMILES string of the molecule is COc1ccc(C2CCC(=O)NC2C)cc1-c1ccc(C(C)(C)F)cc1. The van der Waals surface area contributed by atoms with E-state index in [-0.39, 0.29) is 17.9 Å². The molecule has 2 unspecified atom stereocenters. The molecule has 1 N–H and O–H groups in total. The molecule has 2 aromatic rings. The Labute approximate surface area is 154 Å². The fraction of sp³-hybridized carbons (Fsp3) is 0.409. The number of methoxy groups -OCH3 is 1. The number of carbonyl (C=O) groups excluding carboxylic acids is 1. The first-order valence-corrected chi connectivity index (χ1v) is 9.06. The second-order valence-corrected chi connectivity index (χ2v) is 7.51. The molecule has 1 fully saturated rings. The molecule has 3 nitrogen and oxygen atoms in total. The van der Waals surface area contributed by atoms with Crippen molar-refractivity contribution in [2.24, 2.45) is 0 Å². The van der Waals surface area contributed by atoms with Crippen LogP contribution < -0.4 is 10.1 Å². The van der Waals surface area contributed by atoms with Gasteiger partial charge in [-0.05, 0) is 56.0 Å². The molecule has 2 atom stereocenters. The molecule has 26 heavy (non-hydrogen) atoms. The van der Waals surface area contributed by atoms with E-state index in [2.05, 4.69) is 17.4 Å². The molecular weight excluding hydrogens is 329 g/mol. The number of halogens is 1. The summed E-state index contributed by atoms with van der Waals surface area (Å²) in [5.74, 6) is 1.18.